The number of aryl methyl sites for hydroxylation is 1. The Morgan fingerprint density at radius 3 is 2.63 bits per heavy atom. The highest BCUT2D eigenvalue weighted by Crippen LogP contribution is 2.37. The van der Waals surface area contributed by atoms with Crippen LogP contribution < -0.4 is 11.1 Å². The van der Waals surface area contributed by atoms with Crippen LogP contribution >= 0.6 is 0 Å². The second kappa shape index (κ2) is 10.7. The number of hydrogen-bond donors (Lipinski definition) is 2. The van der Waals surface area contributed by atoms with E-state index in [1.807, 2.05) is 30.0 Å². The third kappa shape index (κ3) is 5.12. The first-order valence-corrected chi connectivity index (χ1v) is 13.7. The number of aromatic nitrogens is 1. The number of carbonyl (C=O) groups excluding carboxylic acids is 3. The lowest BCUT2D eigenvalue weighted by Gasteiger charge is -2.38. The lowest BCUT2D eigenvalue weighted by atomic mass is 9.88. The smallest absolute Gasteiger partial charge is 0.313 e. The van der Waals surface area contributed by atoms with Gasteiger partial charge in [0.05, 0.1) is 17.9 Å². The molecular weight excluding hydrogens is 480 g/mol. The maximum absolute atomic E-state index is 13.4. The molecule has 2 unspecified atom stereocenters. The highest BCUT2D eigenvalue weighted by molar-refractivity contribution is 6.39. The molecule has 38 heavy (non-hydrogen) atoms. The van der Waals surface area contributed by atoms with Gasteiger partial charge in [-0.2, -0.15) is 0 Å². The fraction of sp³-hybridized carbons (Fsp3) is 0.517. The van der Waals surface area contributed by atoms with Crippen molar-refractivity contribution in [1.82, 2.24) is 19.7 Å². The number of nitrogens with one attached hydrogen (secondary N) is 1. The zero-order valence-corrected chi connectivity index (χ0v) is 22.6. The van der Waals surface area contributed by atoms with E-state index in [2.05, 4.69) is 29.2 Å². The van der Waals surface area contributed by atoms with E-state index in [0.717, 1.165) is 61.0 Å². The average molecular weight is 519 g/mol. The summed E-state index contributed by atoms with van der Waals surface area (Å²) < 4.78 is 0. The summed E-state index contributed by atoms with van der Waals surface area (Å²) in [6.45, 7) is 7.19. The molecule has 0 spiro atoms. The minimum atomic E-state index is -0.691. The van der Waals surface area contributed by atoms with Gasteiger partial charge in [0, 0.05) is 24.7 Å². The fourth-order valence-corrected chi connectivity index (χ4v) is 6.06. The summed E-state index contributed by atoms with van der Waals surface area (Å²) in [5, 5.41) is 2.71. The van der Waals surface area contributed by atoms with Crippen molar-refractivity contribution in [2.24, 2.45) is 5.92 Å². The van der Waals surface area contributed by atoms with Crippen molar-refractivity contribution >= 4 is 29.2 Å². The number of rotatable bonds is 4. The first-order chi connectivity index (χ1) is 18.2. The van der Waals surface area contributed by atoms with E-state index >= 15 is 0 Å². The summed E-state index contributed by atoms with van der Waals surface area (Å²) in [5.41, 5.74) is 9.84. The predicted molar refractivity (Wildman–Crippen MR) is 146 cm³/mol. The van der Waals surface area contributed by atoms with Gasteiger partial charge < -0.3 is 25.8 Å². The molecule has 1 aromatic heterocycles. The molecule has 2 saturated heterocycles. The number of fused-ring (bicyclic) bond motifs is 1. The van der Waals surface area contributed by atoms with E-state index in [1.54, 1.807) is 11.0 Å². The maximum Gasteiger partial charge on any atom is 0.313 e. The van der Waals surface area contributed by atoms with Crippen molar-refractivity contribution < 1.29 is 14.4 Å². The minimum absolute atomic E-state index is 0.0822. The van der Waals surface area contributed by atoms with Crippen molar-refractivity contribution in [3.8, 4) is 0 Å². The summed E-state index contributed by atoms with van der Waals surface area (Å²) in [4.78, 5) is 50.0. The number of anilines is 2. The number of nitrogens with two attached hydrogens (primary N) is 1. The van der Waals surface area contributed by atoms with Crippen molar-refractivity contribution in [2.45, 2.75) is 64.6 Å². The monoisotopic (exact) mass is 518 g/mol. The van der Waals surface area contributed by atoms with Gasteiger partial charge in [0.1, 0.15) is 5.82 Å². The number of carbonyl (C=O) groups is 3. The van der Waals surface area contributed by atoms with Crippen LogP contribution in [0.15, 0.2) is 30.5 Å². The molecule has 3 N–H and O–H groups in total. The van der Waals surface area contributed by atoms with Crippen LogP contribution in [0.5, 0.6) is 0 Å². The van der Waals surface area contributed by atoms with Crippen molar-refractivity contribution in [1.29, 1.82) is 0 Å². The highest BCUT2D eigenvalue weighted by atomic mass is 16.2. The van der Waals surface area contributed by atoms with Gasteiger partial charge >= 0.3 is 11.8 Å². The number of likely N-dealkylation sites (tertiary alicyclic amines) is 2. The van der Waals surface area contributed by atoms with E-state index in [0.29, 0.717) is 31.0 Å². The van der Waals surface area contributed by atoms with E-state index < -0.39 is 11.8 Å². The number of pyridine rings is 1. The molecule has 0 aliphatic carbocycles. The molecule has 9 nitrogen and oxygen atoms in total. The Labute approximate surface area is 224 Å². The summed E-state index contributed by atoms with van der Waals surface area (Å²) >= 11 is 0. The highest BCUT2D eigenvalue weighted by Gasteiger charge is 2.37. The molecule has 5 rings (SSSR count). The molecule has 3 amide bonds. The Morgan fingerprint density at radius 1 is 1.13 bits per heavy atom. The second-order valence-corrected chi connectivity index (χ2v) is 11.1. The molecule has 0 radical (unpaired) electrons. The van der Waals surface area contributed by atoms with Crippen LogP contribution in [0, 0.1) is 5.92 Å². The quantitative estimate of drug-likeness (QED) is 0.601. The Bertz CT molecular complexity index is 1240. The Hall–Kier alpha value is -3.46. The normalized spacial score (nSPS) is 22.4. The molecule has 2 aromatic rings. The average Bonchev–Trinajstić information content (AvgIpc) is 3.25. The molecule has 1 aromatic carbocycles. The minimum Gasteiger partial charge on any atom is -0.383 e. The lowest BCUT2D eigenvalue weighted by molar-refractivity contribution is -0.146. The third-order valence-corrected chi connectivity index (χ3v) is 8.39. The predicted octanol–water partition coefficient (Wildman–Crippen LogP) is 3.21. The van der Waals surface area contributed by atoms with Crippen LogP contribution in [0.2, 0.25) is 0 Å². The molecule has 9 heteroatoms. The van der Waals surface area contributed by atoms with E-state index in [4.69, 9.17) is 5.73 Å². The molecule has 2 atom stereocenters. The Kier molecular flexibility index (Phi) is 7.38. The second-order valence-electron chi connectivity index (χ2n) is 11.1. The molecular formula is C29H38N6O3. The van der Waals surface area contributed by atoms with Gasteiger partial charge in [0.2, 0.25) is 0 Å². The number of amides is 3. The van der Waals surface area contributed by atoms with E-state index in [1.165, 1.54) is 6.20 Å². The standard InChI is InChI=1S/C29H38N6O3/c1-4-19-13-22(15-31-26(19)30)32-27(36)29(38)35-16-18(2)5-8-25(35)20-6-7-21-17-34(28(37)24(21)14-20)23-9-11-33(3)12-10-23/h6-7,13-15,18,23,25H,4-5,8-12,16-17H2,1-3H3,(H2,30,31)(H,32,36). The van der Waals surface area contributed by atoms with Gasteiger partial charge in [0.15, 0.2) is 0 Å². The molecule has 2 fully saturated rings. The third-order valence-electron chi connectivity index (χ3n) is 8.39. The van der Waals surface area contributed by atoms with Crippen molar-refractivity contribution in [3.63, 3.8) is 0 Å². The van der Waals surface area contributed by atoms with Crippen LogP contribution in [0.3, 0.4) is 0 Å². The van der Waals surface area contributed by atoms with Crippen LogP contribution in [-0.4, -0.2) is 70.1 Å². The largest absolute Gasteiger partial charge is 0.383 e. The Morgan fingerprint density at radius 2 is 1.89 bits per heavy atom. The SMILES string of the molecule is CCc1cc(NC(=O)C(=O)N2CC(C)CCC2c2ccc3c(c2)C(=O)N(C2CCN(C)CC2)C3)cnc1N. The van der Waals surface area contributed by atoms with Crippen LogP contribution in [0.4, 0.5) is 11.5 Å². The number of piperidine rings is 2. The number of nitrogens with zero attached hydrogens (tertiary/aromatic N) is 4. The van der Waals surface area contributed by atoms with Gasteiger partial charge in [0.25, 0.3) is 5.91 Å². The van der Waals surface area contributed by atoms with Crippen molar-refractivity contribution in [3.05, 3.63) is 52.7 Å². The summed E-state index contributed by atoms with van der Waals surface area (Å²) in [6.07, 6.45) is 5.82. The Balaban J connectivity index is 1.34. The van der Waals surface area contributed by atoms with Gasteiger partial charge in [-0.15, -0.1) is 0 Å². The summed E-state index contributed by atoms with van der Waals surface area (Å²) in [5.74, 6) is -0.482. The summed E-state index contributed by atoms with van der Waals surface area (Å²) in [6, 6.07) is 7.79. The first-order valence-electron chi connectivity index (χ1n) is 13.7. The van der Waals surface area contributed by atoms with Gasteiger partial charge in [-0.1, -0.05) is 26.0 Å². The van der Waals surface area contributed by atoms with E-state index in [9.17, 15) is 14.4 Å². The zero-order valence-electron chi connectivity index (χ0n) is 22.6. The molecule has 3 aliphatic rings. The van der Waals surface area contributed by atoms with Gasteiger partial charge in [-0.25, -0.2) is 4.98 Å². The number of hydrogen-bond acceptors (Lipinski definition) is 6. The van der Waals surface area contributed by atoms with Crippen LogP contribution in [-0.2, 0) is 22.6 Å². The first kappa shape index (κ1) is 26.2. The molecule has 0 bridgehead atoms. The topological polar surface area (TPSA) is 112 Å². The van der Waals surface area contributed by atoms with Crippen molar-refractivity contribution in [2.75, 3.05) is 37.7 Å². The molecule has 202 valence electrons. The lowest BCUT2D eigenvalue weighted by Crippen LogP contribution is -2.46. The van der Waals surface area contributed by atoms with Crippen LogP contribution in [0.25, 0.3) is 0 Å². The molecule has 3 aliphatic heterocycles. The molecule has 0 saturated carbocycles. The maximum atomic E-state index is 13.4. The van der Waals surface area contributed by atoms with E-state index in [-0.39, 0.29) is 23.9 Å². The molecule has 4 heterocycles. The van der Waals surface area contributed by atoms with Gasteiger partial charge in [-0.3, -0.25) is 14.4 Å². The van der Waals surface area contributed by atoms with Gasteiger partial charge in [-0.05, 0) is 87.0 Å². The summed E-state index contributed by atoms with van der Waals surface area (Å²) in [7, 11) is 2.12. The number of nitrogen functional groups attached to an aromatic ring is 1. The zero-order chi connectivity index (χ0) is 27.0. The van der Waals surface area contributed by atoms with Crippen LogP contribution in [0.1, 0.15) is 72.6 Å². The number of benzene rings is 1. The fourth-order valence-electron chi connectivity index (χ4n) is 6.06.